The van der Waals surface area contributed by atoms with Crippen LogP contribution in [0.2, 0.25) is 0 Å². The van der Waals surface area contributed by atoms with E-state index in [4.69, 9.17) is 10.3 Å². The molecule has 0 saturated carbocycles. The van der Waals surface area contributed by atoms with Crippen molar-refractivity contribution in [1.82, 2.24) is 10.3 Å². The zero-order valence-corrected chi connectivity index (χ0v) is 10.7. The molecule has 1 rings (SSSR count). The van der Waals surface area contributed by atoms with Gasteiger partial charge in [-0.25, -0.2) is 5.84 Å². The molecule has 0 aromatic carbocycles. The number of rotatable bonds is 6. The maximum atomic E-state index is 11.2. The van der Waals surface area contributed by atoms with Crippen molar-refractivity contribution in [3.63, 3.8) is 0 Å². The molecular weight excluding hydrogens is 218 g/mol. The summed E-state index contributed by atoms with van der Waals surface area (Å²) in [6, 6.07) is 3.91. The number of hydrazine groups is 1. The fourth-order valence-electron chi connectivity index (χ4n) is 1.66. The lowest BCUT2D eigenvalue weighted by Gasteiger charge is -2.24. The lowest BCUT2D eigenvalue weighted by atomic mass is 10.2. The highest BCUT2D eigenvalue weighted by molar-refractivity contribution is 5.90. The van der Waals surface area contributed by atoms with Gasteiger partial charge in [-0.05, 0) is 38.9 Å². The van der Waals surface area contributed by atoms with Gasteiger partial charge in [0.15, 0.2) is 5.76 Å². The van der Waals surface area contributed by atoms with Gasteiger partial charge in [0.05, 0.1) is 6.54 Å². The van der Waals surface area contributed by atoms with E-state index in [-0.39, 0.29) is 5.76 Å². The Morgan fingerprint density at radius 1 is 1.53 bits per heavy atom. The fourth-order valence-corrected chi connectivity index (χ4v) is 1.66. The number of nitrogens with one attached hydrogen (secondary N) is 1. The highest BCUT2D eigenvalue weighted by Gasteiger charge is 2.14. The highest BCUT2D eigenvalue weighted by atomic mass is 16.4. The number of nitrogens with two attached hydrogens (primary N) is 1. The highest BCUT2D eigenvalue weighted by Crippen LogP contribution is 2.12. The molecule has 0 fully saturated rings. The summed E-state index contributed by atoms with van der Waals surface area (Å²) in [5.74, 6) is 5.68. The Labute approximate surface area is 102 Å². The number of carbonyl (C=O) groups is 1. The van der Waals surface area contributed by atoms with Crippen molar-refractivity contribution in [3.8, 4) is 0 Å². The lowest BCUT2D eigenvalue weighted by Crippen LogP contribution is -2.31. The number of furan rings is 1. The average Bonchev–Trinajstić information content (AvgIpc) is 2.76. The third-order valence-corrected chi connectivity index (χ3v) is 2.62. The van der Waals surface area contributed by atoms with Gasteiger partial charge in [-0.1, -0.05) is 6.92 Å². The molecule has 96 valence electrons. The van der Waals surface area contributed by atoms with Crippen molar-refractivity contribution < 1.29 is 9.21 Å². The molecule has 0 unspecified atom stereocenters. The smallest absolute Gasteiger partial charge is 0.300 e. The lowest BCUT2D eigenvalue weighted by molar-refractivity contribution is 0.0921. The number of nitrogen functional groups attached to an aromatic ring is 1. The van der Waals surface area contributed by atoms with E-state index < -0.39 is 5.91 Å². The third-order valence-electron chi connectivity index (χ3n) is 2.62. The second-order valence-electron chi connectivity index (χ2n) is 4.30. The number of hydrogen-bond acceptors (Lipinski definition) is 4. The molecule has 5 nitrogen and oxygen atoms in total. The van der Waals surface area contributed by atoms with E-state index in [1.54, 1.807) is 6.07 Å². The predicted octanol–water partition coefficient (Wildman–Crippen LogP) is 1.50. The molecule has 1 heterocycles. The van der Waals surface area contributed by atoms with E-state index in [0.29, 0.717) is 12.6 Å². The summed E-state index contributed by atoms with van der Waals surface area (Å²) in [6.45, 7) is 8.16. The summed E-state index contributed by atoms with van der Waals surface area (Å²) < 4.78 is 5.43. The van der Waals surface area contributed by atoms with Crippen LogP contribution in [0, 0.1) is 0 Å². The summed E-state index contributed by atoms with van der Waals surface area (Å²) in [5, 5.41) is 0. The van der Waals surface area contributed by atoms with Crippen LogP contribution >= 0.6 is 0 Å². The molecule has 1 aromatic heterocycles. The Balaban J connectivity index is 2.66. The SMILES string of the molecule is CCCN(Cc1ccc(C(=O)NN)o1)C(C)C. The van der Waals surface area contributed by atoms with Gasteiger partial charge in [-0.3, -0.25) is 15.1 Å². The zero-order chi connectivity index (χ0) is 12.8. The van der Waals surface area contributed by atoms with Gasteiger partial charge in [0.25, 0.3) is 0 Å². The van der Waals surface area contributed by atoms with E-state index >= 15 is 0 Å². The summed E-state index contributed by atoms with van der Waals surface area (Å²) in [4.78, 5) is 13.5. The van der Waals surface area contributed by atoms with E-state index in [1.807, 2.05) is 11.5 Å². The molecule has 17 heavy (non-hydrogen) atoms. The first-order valence-electron chi connectivity index (χ1n) is 5.92. The first kappa shape index (κ1) is 13.7. The molecule has 0 aliphatic heterocycles. The second-order valence-corrected chi connectivity index (χ2v) is 4.30. The minimum atomic E-state index is -0.400. The van der Waals surface area contributed by atoms with E-state index in [0.717, 1.165) is 18.7 Å². The Kier molecular flexibility index (Phi) is 5.18. The standard InChI is InChI=1S/C12H21N3O2/c1-4-7-15(9(2)3)8-10-5-6-11(17-10)12(16)14-13/h5-6,9H,4,7-8,13H2,1-3H3,(H,14,16). The van der Waals surface area contributed by atoms with Gasteiger partial charge < -0.3 is 4.42 Å². The van der Waals surface area contributed by atoms with Crippen LogP contribution in [0.4, 0.5) is 0 Å². The van der Waals surface area contributed by atoms with Gasteiger partial charge in [-0.2, -0.15) is 0 Å². The fraction of sp³-hybridized carbons (Fsp3) is 0.583. The van der Waals surface area contributed by atoms with Crippen LogP contribution < -0.4 is 11.3 Å². The van der Waals surface area contributed by atoms with Gasteiger partial charge in [0.1, 0.15) is 5.76 Å². The van der Waals surface area contributed by atoms with Gasteiger partial charge in [-0.15, -0.1) is 0 Å². The van der Waals surface area contributed by atoms with Crippen molar-refractivity contribution in [2.24, 2.45) is 5.84 Å². The molecule has 0 saturated heterocycles. The van der Waals surface area contributed by atoms with E-state index in [9.17, 15) is 4.79 Å². The topological polar surface area (TPSA) is 71.5 Å². The van der Waals surface area contributed by atoms with Crippen LogP contribution in [0.3, 0.4) is 0 Å². The normalized spacial score (nSPS) is 11.2. The minimum absolute atomic E-state index is 0.253. The Hall–Kier alpha value is -1.33. The monoisotopic (exact) mass is 239 g/mol. The minimum Gasteiger partial charge on any atom is -0.455 e. The van der Waals surface area contributed by atoms with Crippen LogP contribution in [-0.2, 0) is 6.54 Å². The zero-order valence-electron chi connectivity index (χ0n) is 10.7. The van der Waals surface area contributed by atoms with Crippen molar-refractivity contribution >= 4 is 5.91 Å². The summed E-state index contributed by atoms with van der Waals surface area (Å²) in [5.41, 5.74) is 2.05. The summed E-state index contributed by atoms with van der Waals surface area (Å²) in [7, 11) is 0. The van der Waals surface area contributed by atoms with Crippen molar-refractivity contribution in [3.05, 3.63) is 23.7 Å². The molecule has 5 heteroatoms. The van der Waals surface area contributed by atoms with Crippen LogP contribution in [0.1, 0.15) is 43.5 Å². The Bertz CT molecular complexity index is 360. The predicted molar refractivity (Wildman–Crippen MR) is 66.2 cm³/mol. The molecule has 0 spiro atoms. The maximum absolute atomic E-state index is 11.2. The van der Waals surface area contributed by atoms with Crippen LogP contribution in [0.15, 0.2) is 16.5 Å². The van der Waals surface area contributed by atoms with Crippen LogP contribution in [-0.4, -0.2) is 23.4 Å². The van der Waals surface area contributed by atoms with E-state index in [1.165, 1.54) is 0 Å². The van der Waals surface area contributed by atoms with Crippen LogP contribution in [0.5, 0.6) is 0 Å². The van der Waals surface area contributed by atoms with Gasteiger partial charge in [0.2, 0.25) is 0 Å². The molecule has 0 aliphatic rings. The Morgan fingerprint density at radius 2 is 2.24 bits per heavy atom. The van der Waals surface area contributed by atoms with Gasteiger partial charge in [0, 0.05) is 6.04 Å². The van der Waals surface area contributed by atoms with Crippen molar-refractivity contribution in [2.75, 3.05) is 6.54 Å². The molecule has 1 amide bonds. The largest absolute Gasteiger partial charge is 0.455 e. The average molecular weight is 239 g/mol. The first-order chi connectivity index (χ1) is 8.08. The van der Waals surface area contributed by atoms with Gasteiger partial charge >= 0.3 is 5.91 Å². The summed E-state index contributed by atoms with van der Waals surface area (Å²) in [6.07, 6.45) is 1.09. The van der Waals surface area contributed by atoms with Crippen LogP contribution in [0.25, 0.3) is 0 Å². The molecule has 0 radical (unpaired) electrons. The summed E-state index contributed by atoms with van der Waals surface area (Å²) >= 11 is 0. The number of amides is 1. The maximum Gasteiger partial charge on any atom is 0.300 e. The molecule has 0 bridgehead atoms. The molecular formula is C12H21N3O2. The molecule has 0 atom stereocenters. The number of carbonyl (C=O) groups excluding carboxylic acids is 1. The molecule has 1 aromatic rings. The third kappa shape index (κ3) is 3.87. The quantitative estimate of drug-likeness (QED) is 0.448. The Morgan fingerprint density at radius 3 is 2.76 bits per heavy atom. The van der Waals surface area contributed by atoms with Crippen molar-refractivity contribution in [1.29, 1.82) is 0 Å². The first-order valence-corrected chi connectivity index (χ1v) is 5.92. The molecule has 3 N–H and O–H groups in total. The number of hydrogen-bond donors (Lipinski definition) is 2. The number of nitrogens with zero attached hydrogens (tertiary/aromatic N) is 1. The molecule has 0 aliphatic carbocycles. The van der Waals surface area contributed by atoms with Crippen molar-refractivity contribution in [2.45, 2.75) is 39.8 Å². The van der Waals surface area contributed by atoms with E-state index in [2.05, 4.69) is 25.7 Å². The second kappa shape index (κ2) is 6.42.